The normalized spacial score (nSPS) is 21.6. The van der Waals surface area contributed by atoms with Crippen molar-refractivity contribution < 1.29 is 4.79 Å². The van der Waals surface area contributed by atoms with Crippen LogP contribution < -0.4 is 5.73 Å². The average Bonchev–Trinajstić information content (AvgIpc) is 2.37. The molecule has 3 nitrogen and oxygen atoms in total. The Kier molecular flexibility index (Phi) is 3.09. The molecule has 1 unspecified atom stereocenters. The van der Waals surface area contributed by atoms with Gasteiger partial charge in [-0.25, -0.2) is 0 Å². The van der Waals surface area contributed by atoms with Gasteiger partial charge in [-0.2, -0.15) is 0 Å². The molecule has 0 heterocycles. The zero-order valence-electron chi connectivity index (χ0n) is 7.92. The molecule has 0 aromatic rings. The summed E-state index contributed by atoms with van der Waals surface area (Å²) >= 11 is 0. The summed E-state index contributed by atoms with van der Waals surface area (Å²) < 4.78 is 0. The van der Waals surface area contributed by atoms with Crippen LogP contribution in [0.2, 0.25) is 0 Å². The van der Waals surface area contributed by atoms with Crippen LogP contribution in [0.1, 0.15) is 25.7 Å². The standard InChI is InChI=1S/C9H18N2O/c1-11(2)8(9(10)12)7-5-3-4-6-7/h7-8H,3-6H2,1-2H3,(H2,10,12). The third-order valence-corrected chi connectivity index (χ3v) is 2.69. The highest BCUT2D eigenvalue weighted by molar-refractivity contribution is 5.80. The van der Waals surface area contributed by atoms with Gasteiger partial charge in [-0.05, 0) is 32.9 Å². The van der Waals surface area contributed by atoms with Crippen molar-refractivity contribution in [1.29, 1.82) is 0 Å². The highest BCUT2D eigenvalue weighted by atomic mass is 16.1. The second-order valence-electron chi connectivity index (χ2n) is 3.86. The highest BCUT2D eigenvalue weighted by Gasteiger charge is 2.30. The number of amides is 1. The molecule has 3 heteroatoms. The van der Waals surface area contributed by atoms with Gasteiger partial charge in [0.2, 0.25) is 5.91 Å². The molecule has 1 aliphatic rings. The van der Waals surface area contributed by atoms with Crippen LogP contribution in [0, 0.1) is 5.92 Å². The van der Waals surface area contributed by atoms with Crippen molar-refractivity contribution in [3.05, 3.63) is 0 Å². The molecule has 0 spiro atoms. The van der Waals surface area contributed by atoms with Crippen LogP contribution in [-0.4, -0.2) is 30.9 Å². The van der Waals surface area contributed by atoms with Crippen molar-refractivity contribution >= 4 is 5.91 Å². The lowest BCUT2D eigenvalue weighted by Crippen LogP contribution is -2.45. The van der Waals surface area contributed by atoms with Crippen LogP contribution in [0.3, 0.4) is 0 Å². The van der Waals surface area contributed by atoms with Crippen LogP contribution >= 0.6 is 0 Å². The van der Waals surface area contributed by atoms with Crippen molar-refractivity contribution in [2.24, 2.45) is 11.7 Å². The molecule has 2 N–H and O–H groups in total. The minimum Gasteiger partial charge on any atom is -0.368 e. The molecule has 1 rings (SSSR count). The van der Waals surface area contributed by atoms with E-state index in [1.807, 2.05) is 19.0 Å². The fourth-order valence-corrected chi connectivity index (χ4v) is 2.18. The number of primary amides is 1. The number of carbonyl (C=O) groups excluding carboxylic acids is 1. The maximum absolute atomic E-state index is 11.1. The lowest BCUT2D eigenvalue weighted by atomic mass is 9.97. The quantitative estimate of drug-likeness (QED) is 0.674. The Hall–Kier alpha value is -0.570. The fraction of sp³-hybridized carbons (Fsp3) is 0.889. The number of hydrogen-bond donors (Lipinski definition) is 1. The number of nitrogens with zero attached hydrogens (tertiary/aromatic N) is 1. The Bertz CT molecular complexity index is 162. The van der Waals surface area contributed by atoms with Gasteiger partial charge >= 0.3 is 0 Å². The van der Waals surface area contributed by atoms with Crippen molar-refractivity contribution in [2.45, 2.75) is 31.7 Å². The third-order valence-electron chi connectivity index (χ3n) is 2.69. The smallest absolute Gasteiger partial charge is 0.235 e. The van der Waals surface area contributed by atoms with Crippen molar-refractivity contribution in [1.82, 2.24) is 4.90 Å². The predicted molar refractivity (Wildman–Crippen MR) is 48.6 cm³/mol. The van der Waals surface area contributed by atoms with E-state index in [4.69, 9.17) is 5.73 Å². The topological polar surface area (TPSA) is 46.3 Å². The Morgan fingerprint density at radius 2 is 1.92 bits per heavy atom. The van der Waals surface area contributed by atoms with Crippen LogP contribution in [0.15, 0.2) is 0 Å². The monoisotopic (exact) mass is 170 g/mol. The summed E-state index contributed by atoms with van der Waals surface area (Å²) in [6, 6.07) is -0.0486. The van der Waals surface area contributed by atoms with Crippen LogP contribution in [0.5, 0.6) is 0 Å². The lowest BCUT2D eigenvalue weighted by molar-refractivity contribution is -0.124. The average molecular weight is 170 g/mol. The first-order chi connectivity index (χ1) is 5.63. The van der Waals surface area contributed by atoms with E-state index in [0.717, 1.165) is 12.8 Å². The molecule has 12 heavy (non-hydrogen) atoms. The summed E-state index contributed by atoms with van der Waals surface area (Å²) in [4.78, 5) is 13.1. The third kappa shape index (κ3) is 1.97. The fourth-order valence-electron chi connectivity index (χ4n) is 2.18. The molecule has 1 saturated carbocycles. The van der Waals surface area contributed by atoms with Gasteiger partial charge < -0.3 is 5.73 Å². The molecule has 0 aliphatic heterocycles. The van der Waals surface area contributed by atoms with Gasteiger partial charge in [-0.3, -0.25) is 9.69 Å². The molecule has 0 aromatic heterocycles. The minimum absolute atomic E-state index is 0.0486. The van der Waals surface area contributed by atoms with Crippen molar-refractivity contribution in [3.8, 4) is 0 Å². The first kappa shape index (κ1) is 9.52. The molecule has 70 valence electrons. The zero-order valence-corrected chi connectivity index (χ0v) is 7.92. The summed E-state index contributed by atoms with van der Waals surface area (Å²) in [5.74, 6) is 0.324. The van der Waals surface area contributed by atoms with E-state index in [-0.39, 0.29) is 11.9 Å². The van der Waals surface area contributed by atoms with Crippen molar-refractivity contribution in [2.75, 3.05) is 14.1 Å². The zero-order chi connectivity index (χ0) is 9.14. The summed E-state index contributed by atoms with van der Waals surface area (Å²) in [6.07, 6.45) is 4.82. The Balaban J connectivity index is 2.58. The van der Waals surface area contributed by atoms with E-state index in [1.54, 1.807) is 0 Å². The molecule has 0 aromatic carbocycles. The van der Waals surface area contributed by atoms with E-state index in [1.165, 1.54) is 12.8 Å². The van der Waals surface area contributed by atoms with Crippen molar-refractivity contribution in [3.63, 3.8) is 0 Å². The van der Waals surface area contributed by atoms with Gasteiger partial charge in [-0.1, -0.05) is 12.8 Å². The van der Waals surface area contributed by atoms with Gasteiger partial charge in [0.1, 0.15) is 0 Å². The SMILES string of the molecule is CN(C)C(C(N)=O)C1CCCC1. The second kappa shape index (κ2) is 3.90. The number of rotatable bonds is 3. The summed E-state index contributed by atoms with van der Waals surface area (Å²) in [7, 11) is 3.85. The Morgan fingerprint density at radius 1 is 1.42 bits per heavy atom. The Morgan fingerprint density at radius 3 is 2.25 bits per heavy atom. The first-order valence-corrected chi connectivity index (χ1v) is 4.58. The van der Waals surface area contributed by atoms with E-state index < -0.39 is 0 Å². The molecule has 0 radical (unpaired) electrons. The van der Waals surface area contributed by atoms with Gasteiger partial charge in [0.25, 0.3) is 0 Å². The summed E-state index contributed by atoms with van der Waals surface area (Å²) in [5.41, 5.74) is 5.34. The number of hydrogen-bond acceptors (Lipinski definition) is 2. The van der Waals surface area contributed by atoms with Crippen LogP contribution in [0.25, 0.3) is 0 Å². The van der Waals surface area contributed by atoms with E-state index in [2.05, 4.69) is 0 Å². The van der Waals surface area contributed by atoms with E-state index in [0.29, 0.717) is 5.92 Å². The Labute approximate surface area is 73.9 Å². The molecule has 1 atom stereocenters. The van der Waals surface area contributed by atoms with E-state index in [9.17, 15) is 4.79 Å². The molecule has 0 bridgehead atoms. The molecule has 0 saturated heterocycles. The van der Waals surface area contributed by atoms with Gasteiger partial charge in [-0.15, -0.1) is 0 Å². The number of carbonyl (C=O) groups is 1. The van der Waals surface area contributed by atoms with E-state index >= 15 is 0 Å². The maximum atomic E-state index is 11.1. The molecule has 1 aliphatic carbocycles. The lowest BCUT2D eigenvalue weighted by Gasteiger charge is -2.26. The predicted octanol–water partition coefficient (Wildman–Crippen LogP) is 0.592. The first-order valence-electron chi connectivity index (χ1n) is 4.58. The maximum Gasteiger partial charge on any atom is 0.235 e. The van der Waals surface area contributed by atoms with Crippen LogP contribution in [0.4, 0.5) is 0 Å². The summed E-state index contributed by atoms with van der Waals surface area (Å²) in [6.45, 7) is 0. The van der Waals surface area contributed by atoms with Gasteiger partial charge in [0.15, 0.2) is 0 Å². The molecular formula is C9H18N2O. The minimum atomic E-state index is -0.174. The number of nitrogens with two attached hydrogens (primary N) is 1. The van der Waals surface area contributed by atoms with Gasteiger partial charge in [0, 0.05) is 0 Å². The molecular weight excluding hydrogens is 152 g/mol. The molecule has 1 fully saturated rings. The largest absolute Gasteiger partial charge is 0.368 e. The summed E-state index contributed by atoms with van der Waals surface area (Å²) in [5, 5.41) is 0. The number of likely N-dealkylation sites (N-methyl/N-ethyl adjacent to an activating group) is 1. The second-order valence-corrected chi connectivity index (χ2v) is 3.86. The van der Waals surface area contributed by atoms with Crippen LogP contribution in [-0.2, 0) is 4.79 Å². The highest BCUT2D eigenvalue weighted by Crippen LogP contribution is 2.29. The van der Waals surface area contributed by atoms with Gasteiger partial charge in [0.05, 0.1) is 6.04 Å². The molecule has 1 amide bonds.